The Balaban J connectivity index is 1.19. The van der Waals surface area contributed by atoms with Crippen molar-refractivity contribution in [3.63, 3.8) is 0 Å². The summed E-state index contributed by atoms with van der Waals surface area (Å²) in [6.07, 6.45) is 11.6. The molecule has 0 aliphatic heterocycles. The van der Waals surface area contributed by atoms with Gasteiger partial charge in [-0.25, -0.2) is 9.67 Å². The normalized spacial score (nSPS) is 34.0. The summed E-state index contributed by atoms with van der Waals surface area (Å²) in [5.41, 5.74) is 2.31. The fraction of sp³-hybridized carbons (Fsp3) is 0.571. The van der Waals surface area contributed by atoms with Gasteiger partial charge in [-0.15, -0.1) is 0 Å². The summed E-state index contributed by atoms with van der Waals surface area (Å²) < 4.78 is 2.04. The highest BCUT2D eigenvalue weighted by molar-refractivity contribution is 9.10. The maximum absolute atomic E-state index is 12.7. The van der Waals surface area contributed by atoms with E-state index in [4.69, 9.17) is 0 Å². The first kappa shape index (κ1) is 17.4. The van der Waals surface area contributed by atoms with Crippen LogP contribution in [0.25, 0.3) is 5.69 Å². The number of carbonyl (C=O) groups is 1. The number of benzene rings is 1. The standard InChI is InChI=1S/C21H25BrN4O/c22-21-8-16-5-17(9-21)7-20(6-16,12-21)10-19(27)24-11-15-1-3-18(4-2-15)26-14-23-13-25-26/h1-4,13-14,16-17H,5-12H2,(H,24,27). The van der Waals surface area contributed by atoms with Crippen LogP contribution in [-0.4, -0.2) is 25.0 Å². The molecule has 142 valence electrons. The molecule has 1 heterocycles. The molecule has 0 radical (unpaired) electrons. The van der Waals surface area contributed by atoms with Crippen LogP contribution in [0.2, 0.25) is 0 Å². The summed E-state index contributed by atoms with van der Waals surface area (Å²) in [7, 11) is 0. The molecular weight excluding hydrogens is 404 g/mol. The zero-order valence-corrected chi connectivity index (χ0v) is 17.0. The zero-order valence-electron chi connectivity index (χ0n) is 15.4. The fourth-order valence-electron chi connectivity index (χ4n) is 6.25. The van der Waals surface area contributed by atoms with E-state index in [2.05, 4.69) is 31.3 Å². The molecule has 1 aromatic heterocycles. The first-order chi connectivity index (χ1) is 13.0. The lowest BCUT2D eigenvalue weighted by Crippen LogP contribution is -2.54. The number of hydrogen-bond donors (Lipinski definition) is 1. The van der Waals surface area contributed by atoms with Crippen molar-refractivity contribution in [1.29, 1.82) is 0 Å². The Morgan fingerprint density at radius 2 is 1.93 bits per heavy atom. The molecule has 4 bridgehead atoms. The van der Waals surface area contributed by atoms with E-state index in [0.717, 1.165) is 23.1 Å². The van der Waals surface area contributed by atoms with E-state index in [0.29, 0.717) is 17.3 Å². The van der Waals surface area contributed by atoms with E-state index in [1.165, 1.54) is 44.9 Å². The molecule has 0 spiro atoms. The molecule has 4 aliphatic rings. The summed E-state index contributed by atoms with van der Waals surface area (Å²) in [5.74, 6) is 1.85. The Bertz CT molecular complexity index is 818. The Hall–Kier alpha value is -1.69. The maximum atomic E-state index is 12.7. The number of amides is 1. The summed E-state index contributed by atoms with van der Waals surface area (Å²) in [6, 6.07) is 8.08. The van der Waals surface area contributed by atoms with Gasteiger partial charge in [0.15, 0.2) is 0 Å². The summed E-state index contributed by atoms with van der Waals surface area (Å²) >= 11 is 4.04. The molecule has 4 saturated carbocycles. The zero-order chi connectivity index (χ0) is 18.5. The first-order valence-electron chi connectivity index (χ1n) is 9.91. The van der Waals surface area contributed by atoms with Crippen LogP contribution in [0.4, 0.5) is 0 Å². The molecule has 5 nitrogen and oxygen atoms in total. The van der Waals surface area contributed by atoms with Gasteiger partial charge in [0.25, 0.3) is 0 Å². The second-order valence-electron chi connectivity index (χ2n) is 9.07. The van der Waals surface area contributed by atoms with E-state index in [1.807, 2.05) is 24.3 Å². The van der Waals surface area contributed by atoms with Gasteiger partial charge in [-0.1, -0.05) is 28.1 Å². The molecule has 1 aromatic carbocycles. The Kier molecular flexibility index (Phi) is 4.15. The van der Waals surface area contributed by atoms with Crippen molar-refractivity contribution in [2.75, 3.05) is 0 Å². The molecule has 1 amide bonds. The van der Waals surface area contributed by atoms with E-state index >= 15 is 0 Å². The van der Waals surface area contributed by atoms with Crippen molar-refractivity contribution in [3.8, 4) is 5.69 Å². The van der Waals surface area contributed by atoms with Gasteiger partial charge in [-0.3, -0.25) is 4.79 Å². The molecule has 27 heavy (non-hydrogen) atoms. The van der Waals surface area contributed by atoms with Crippen LogP contribution in [0, 0.1) is 17.3 Å². The summed E-state index contributed by atoms with van der Waals surface area (Å²) in [4.78, 5) is 16.7. The molecule has 4 aliphatic carbocycles. The van der Waals surface area contributed by atoms with Crippen LogP contribution in [0.15, 0.2) is 36.9 Å². The second kappa shape index (κ2) is 6.43. The molecule has 2 aromatic rings. The van der Waals surface area contributed by atoms with Gasteiger partial charge in [-0.05, 0) is 73.5 Å². The largest absolute Gasteiger partial charge is 0.352 e. The van der Waals surface area contributed by atoms with Crippen LogP contribution in [0.5, 0.6) is 0 Å². The van der Waals surface area contributed by atoms with Crippen LogP contribution in [0.1, 0.15) is 50.5 Å². The molecule has 2 unspecified atom stereocenters. The van der Waals surface area contributed by atoms with E-state index < -0.39 is 0 Å². The molecule has 4 fully saturated rings. The number of halogens is 1. The molecular formula is C21H25BrN4O. The van der Waals surface area contributed by atoms with Crippen molar-refractivity contribution in [2.24, 2.45) is 17.3 Å². The number of nitrogens with zero attached hydrogens (tertiary/aromatic N) is 3. The smallest absolute Gasteiger partial charge is 0.220 e. The van der Waals surface area contributed by atoms with Crippen molar-refractivity contribution in [3.05, 3.63) is 42.5 Å². The Labute approximate surface area is 168 Å². The van der Waals surface area contributed by atoms with Crippen LogP contribution >= 0.6 is 15.9 Å². The average molecular weight is 429 g/mol. The fourth-order valence-corrected chi connectivity index (χ4v) is 7.77. The molecule has 2 atom stereocenters. The number of carbonyl (C=O) groups excluding carboxylic acids is 1. The van der Waals surface area contributed by atoms with E-state index in [-0.39, 0.29) is 11.3 Å². The minimum atomic E-state index is 0.202. The average Bonchev–Trinajstić information content (AvgIpc) is 3.12. The number of hydrogen-bond acceptors (Lipinski definition) is 3. The molecule has 6 heteroatoms. The number of rotatable bonds is 5. The summed E-state index contributed by atoms with van der Waals surface area (Å²) in [6.45, 7) is 0.582. The molecule has 6 rings (SSSR count). The maximum Gasteiger partial charge on any atom is 0.220 e. The van der Waals surface area contributed by atoms with Gasteiger partial charge >= 0.3 is 0 Å². The Morgan fingerprint density at radius 1 is 1.19 bits per heavy atom. The lowest BCUT2D eigenvalue weighted by molar-refractivity contribution is -0.128. The predicted octanol–water partition coefficient (Wildman–Crippen LogP) is 4.01. The van der Waals surface area contributed by atoms with Crippen LogP contribution < -0.4 is 5.32 Å². The lowest BCUT2D eigenvalue weighted by atomic mass is 9.48. The third-order valence-corrected chi connectivity index (χ3v) is 7.68. The topological polar surface area (TPSA) is 59.8 Å². The Morgan fingerprint density at radius 3 is 2.56 bits per heavy atom. The minimum Gasteiger partial charge on any atom is -0.352 e. The van der Waals surface area contributed by atoms with Crippen molar-refractivity contribution in [2.45, 2.75) is 55.8 Å². The highest BCUT2D eigenvalue weighted by atomic mass is 79.9. The van der Waals surface area contributed by atoms with Gasteiger partial charge in [0.2, 0.25) is 5.91 Å². The monoisotopic (exact) mass is 428 g/mol. The highest BCUT2D eigenvalue weighted by Crippen LogP contribution is 2.65. The first-order valence-corrected chi connectivity index (χ1v) is 10.7. The number of alkyl halides is 1. The third kappa shape index (κ3) is 3.44. The van der Waals surface area contributed by atoms with Gasteiger partial charge in [0.05, 0.1) is 5.69 Å². The minimum absolute atomic E-state index is 0.202. The van der Waals surface area contributed by atoms with Gasteiger partial charge in [0, 0.05) is 17.3 Å². The van der Waals surface area contributed by atoms with Gasteiger partial charge in [-0.2, -0.15) is 5.10 Å². The van der Waals surface area contributed by atoms with Crippen LogP contribution in [0.3, 0.4) is 0 Å². The van der Waals surface area contributed by atoms with Gasteiger partial charge in [0.1, 0.15) is 12.7 Å². The van der Waals surface area contributed by atoms with E-state index in [1.54, 1.807) is 11.0 Å². The SMILES string of the molecule is O=C(CC12CC3CC(CC(Br)(C3)C1)C2)NCc1ccc(-n2cncn2)cc1. The third-order valence-electron chi connectivity index (χ3n) is 6.76. The quantitative estimate of drug-likeness (QED) is 0.731. The van der Waals surface area contributed by atoms with Crippen molar-refractivity contribution < 1.29 is 4.79 Å². The van der Waals surface area contributed by atoms with Crippen molar-refractivity contribution >= 4 is 21.8 Å². The lowest BCUT2D eigenvalue weighted by Gasteiger charge is -2.60. The summed E-state index contributed by atoms with van der Waals surface area (Å²) in [5, 5.41) is 7.28. The predicted molar refractivity (Wildman–Crippen MR) is 107 cm³/mol. The van der Waals surface area contributed by atoms with Crippen molar-refractivity contribution in [1.82, 2.24) is 20.1 Å². The second-order valence-corrected chi connectivity index (χ2v) is 10.8. The highest BCUT2D eigenvalue weighted by Gasteiger charge is 2.57. The van der Waals surface area contributed by atoms with E-state index in [9.17, 15) is 4.79 Å². The number of aromatic nitrogens is 3. The van der Waals surface area contributed by atoms with Gasteiger partial charge < -0.3 is 5.32 Å². The molecule has 1 N–H and O–H groups in total. The van der Waals surface area contributed by atoms with Crippen LogP contribution in [-0.2, 0) is 11.3 Å². The number of nitrogens with one attached hydrogen (secondary N) is 1. The molecule has 0 saturated heterocycles.